The molecule has 2 nitrogen and oxygen atoms in total. The predicted molar refractivity (Wildman–Crippen MR) is 77.6 cm³/mol. The Morgan fingerprint density at radius 1 is 1.41 bits per heavy atom. The van der Waals surface area contributed by atoms with Crippen molar-refractivity contribution in [2.75, 3.05) is 18.5 Å². The maximum atomic E-state index is 3.69. The van der Waals surface area contributed by atoms with E-state index in [4.69, 9.17) is 0 Å². The van der Waals surface area contributed by atoms with Crippen molar-refractivity contribution >= 4 is 21.6 Å². The fourth-order valence-electron chi connectivity index (χ4n) is 2.19. The zero-order valence-electron chi connectivity index (χ0n) is 10.7. The molecule has 1 aromatic carbocycles. The minimum atomic E-state index is 0.742. The second-order valence-electron chi connectivity index (χ2n) is 4.76. The van der Waals surface area contributed by atoms with Crippen molar-refractivity contribution in [2.45, 2.75) is 38.8 Å². The van der Waals surface area contributed by atoms with Gasteiger partial charge >= 0.3 is 0 Å². The minimum Gasteiger partial charge on any atom is -0.371 e. The van der Waals surface area contributed by atoms with Crippen LogP contribution in [0.3, 0.4) is 0 Å². The summed E-state index contributed by atoms with van der Waals surface area (Å²) in [5, 5.41) is 3.35. The molecule has 1 aliphatic rings. The second-order valence-corrected chi connectivity index (χ2v) is 5.62. The van der Waals surface area contributed by atoms with E-state index < -0.39 is 0 Å². The molecular weight excluding hydrogens is 276 g/mol. The highest BCUT2D eigenvalue weighted by Crippen LogP contribution is 2.33. The van der Waals surface area contributed by atoms with Crippen LogP contribution in [-0.2, 0) is 6.54 Å². The number of hydrogen-bond acceptors (Lipinski definition) is 2. The lowest BCUT2D eigenvalue weighted by atomic mass is 9.91. The third-order valence-corrected chi connectivity index (χ3v) is 4.23. The number of halogens is 1. The zero-order chi connectivity index (χ0) is 12.3. The van der Waals surface area contributed by atoms with E-state index in [2.05, 4.69) is 58.3 Å². The molecule has 0 radical (unpaired) electrons. The molecule has 0 atom stereocenters. The van der Waals surface area contributed by atoms with Crippen LogP contribution in [-0.4, -0.2) is 19.6 Å². The molecule has 1 fully saturated rings. The molecule has 1 N–H and O–H groups in total. The van der Waals surface area contributed by atoms with Gasteiger partial charge in [0.15, 0.2) is 0 Å². The van der Waals surface area contributed by atoms with E-state index in [1.807, 2.05) is 0 Å². The van der Waals surface area contributed by atoms with Gasteiger partial charge in [0, 0.05) is 24.1 Å². The van der Waals surface area contributed by atoms with E-state index in [1.165, 1.54) is 35.0 Å². The first-order chi connectivity index (χ1) is 8.22. The third kappa shape index (κ3) is 3.02. The lowest BCUT2D eigenvalue weighted by Crippen LogP contribution is -2.37. The number of anilines is 1. The molecular formula is C14H21BrN2. The van der Waals surface area contributed by atoms with Crippen LogP contribution >= 0.6 is 15.9 Å². The van der Waals surface area contributed by atoms with Crippen molar-refractivity contribution in [1.29, 1.82) is 0 Å². The van der Waals surface area contributed by atoms with E-state index in [0.29, 0.717) is 0 Å². The van der Waals surface area contributed by atoms with Gasteiger partial charge in [-0.05, 0) is 59.4 Å². The molecule has 0 heterocycles. The van der Waals surface area contributed by atoms with Crippen LogP contribution in [0.5, 0.6) is 0 Å². The molecule has 1 saturated carbocycles. The van der Waals surface area contributed by atoms with Crippen molar-refractivity contribution in [3.8, 4) is 0 Å². The smallest absolute Gasteiger partial charge is 0.0510 e. The van der Waals surface area contributed by atoms with Crippen LogP contribution in [0.4, 0.5) is 5.69 Å². The highest BCUT2D eigenvalue weighted by Gasteiger charge is 2.23. The summed E-state index contributed by atoms with van der Waals surface area (Å²) in [7, 11) is 2.20. The van der Waals surface area contributed by atoms with Gasteiger partial charge in [-0.15, -0.1) is 0 Å². The summed E-state index contributed by atoms with van der Waals surface area (Å²) >= 11 is 3.69. The summed E-state index contributed by atoms with van der Waals surface area (Å²) in [6.45, 7) is 4.09. The molecule has 0 saturated heterocycles. The molecule has 2 rings (SSSR count). The predicted octanol–water partition coefficient (Wildman–Crippen LogP) is 3.55. The number of benzene rings is 1. The molecule has 3 heteroatoms. The molecule has 0 amide bonds. The lowest BCUT2D eigenvalue weighted by molar-refractivity contribution is 0.401. The van der Waals surface area contributed by atoms with Gasteiger partial charge in [0.1, 0.15) is 0 Å². The van der Waals surface area contributed by atoms with Crippen molar-refractivity contribution in [1.82, 2.24) is 5.32 Å². The third-order valence-electron chi connectivity index (χ3n) is 3.59. The number of hydrogen-bond donors (Lipinski definition) is 1. The summed E-state index contributed by atoms with van der Waals surface area (Å²) in [6.07, 6.45) is 4.05. The van der Waals surface area contributed by atoms with Gasteiger partial charge in [0.2, 0.25) is 0 Å². The monoisotopic (exact) mass is 296 g/mol. The summed E-state index contributed by atoms with van der Waals surface area (Å²) in [5.74, 6) is 0. The summed E-state index contributed by atoms with van der Waals surface area (Å²) in [6, 6.07) is 7.42. The maximum absolute atomic E-state index is 3.69. The number of rotatable bonds is 5. The van der Waals surface area contributed by atoms with Crippen LogP contribution in [0.25, 0.3) is 0 Å². The Labute approximate surface area is 113 Å². The van der Waals surface area contributed by atoms with Crippen molar-refractivity contribution in [3.63, 3.8) is 0 Å². The minimum absolute atomic E-state index is 0.742. The van der Waals surface area contributed by atoms with Crippen molar-refractivity contribution < 1.29 is 0 Å². The molecule has 0 unspecified atom stereocenters. The van der Waals surface area contributed by atoms with Crippen molar-refractivity contribution in [2.24, 2.45) is 0 Å². The van der Waals surface area contributed by atoms with E-state index in [-0.39, 0.29) is 0 Å². The average Bonchev–Trinajstić information content (AvgIpc) is 2.23. The lowest BCUT2D eigenvalue weighted by Gasteiger charge is -2.37. The molecule has 1 aliphatic carbocycles. The molecule has 0 spiro atoms. The Hall–Kier alpha value is -0.540. The van der Waals surface area contributed by atoms with E-state index in [0.717, 1.165) is 19.1 Å². The van der Waals surface area contributed by atoms with Gasteiger partial charge in [0.25, 0.3) is 0 Å². The quantitative estimate of drug-likeness (QED) is 0.894. The Kier molecular flexibility index (Phi) is 4.46. The topological polar surface area (TPSA) is 15.3 Å². The fraction of sp³-hybridized carbons (Fsp3) is 0.571. The highest BCUT2D eigenvalue weighted by atomic mass is 79.9. The summed E-state index contributed by atoms with van der Waals surface area (Å²) in [4.78, 5) is 2.41. The van der Waals surface area contributed by atoms with Gasteiger partial charge < -0.3 is 10.2 Å². The normalized spacial score (nSPS) is 15.7. The molecule has 17 heavy (non-hydrogen) atoms. The molecule has 1 aromatic rings. The Morgan fingerprint density at radius 2 is 2.18 bits per heavy atom. The molecule has 0 aromatic heterocycles. The van der Waals surface area contributed by atoms with Crippen LogP contribution in [0.15, 0.2) is 22.7 Å². The van der Waals surface area contributed by atoms with E-state index in [9.17, 15) is 0 Å². The summed E-state index contributed by atoms with van der Waals surface area (Å²) < 4.78 is 1.21. The molecule has 94 valence electrons. The van der Waals surface area contributed by atoms with E-state index in [1.54, 1.807) is 0 Å². The second kappa shape index (κ2) is 5.87. The van der Waals surface area contributed by atoms with Gasteiger partial charge in [0.05, 0.1) is 5.69 Å². The average molecular weight is 297 g/mol. The van der Waals surface area contributed by atoms with Crippen LogP contribution in [0, 0.1) is 0 Å². The first-order valence-corrected chi connectivity index (χ1v) is 7.23. The largest absolute Gasteiger partial charge is 0.371 e. The maximum Gasteiger partial charge on any atom is 0.0510 e. The van der Waals surface area contributed by atoms with Gasteiger partial charge in [-0.2, -0.15) is 0 Å². The van der Waals surface area contributed by atoms with Gasteiger partial charge in [-0.25, -0.2) is 0 Å². The zero-order valence-corrected chi connectivity index (χ0v) is 12.3. The van der Waals surface area contributed by atoms with Gasteiger partial charge in [-0.1, -0.05) is 13.0 Å². The van der Waals surface area contributed by atoms with Crippen molar-refractivity contribution in [3.05, 3.63) is 28.2 Å². The first kappa shape index (κ1) is 12.9. The number of nitrogens with one attached hydrogen (secondary N) is 1. The number of nitrogens with zero attached hydrogens (tertiary/aromatic N) is 1. The standard InChI is InChI=1S/C14H21BrN2/c1-3-16-10-11-7-8-14(13(15)9-11)17(2)12-5-4-6-12/h7-9,12,16H,3-6,10H2,1-2H3. The fourth-order valence-corrected chi connectivity index (χ4v) is 2.89. The Bertz CT molecular complexity index is 374. The SMILES string of the molecule is CCNCc1ccc(N(C)C2CCC2)c(Br)c1. The Morgan fingerprint density at radius 3 is 2.71 bits per heavy atom. The highest BCUT2D eigenvalue weighted by molar-refractivity contribution is 9.10. The molecule has 0 aliphatic heterocycles. The molecule has 0 bridgehead atoms. The first-order valence-electron chi connectivity index (χ1n) is 6.44. The van der Waals surface area contributed by atoms with Gasteiger partial charge in [-0.3, -0.25) is 0 Å². The Balaban J connectivity index is 2.07. The van der Waals surface area contributed by atoms with Crippen LogP contribution < -0.4 is 10.2 Å². The summed E-state index contributed by atoms with van der Waals surface area (Å²) in [5.41, 5.74) is 2.65. The van der Waals surface area contributed by atoms with Crippen LogP contribution in [0.1, 0.15) is 31.7 Å². The van der Waals surface area contributed by atoms with E-state index >= 15 is 0 Å². The van der Waals surface area contributed by atoms with Crippen LogP contribution in [0.2, 0.25) is 0 Å².